The van der Waals surface area contributed by atoms with E-state index in [1.54, 1.807) is 0 Å². The van der Waals surface area contributed by atoms with Gasteiger partial charge in [0.05, 0.1) is 5.88 Å². The Kier molecular flexibility index (Phi) is 5.11. The molecule has 6 heteroatoms. The highest BCUT2D eigenvalue weighted by molar-refractivity contribution is 7.99. The standard InChI is InChI=1S/C11H20N2O3S/c1-4-7(2)8(3)12-11(16)13-6-17-5-9(13)10(14)15/h7-9H,4-6H2,1-3H3,(H,12,16)(H,14,15)/t7?,8?,9-/m0/s1. The van der Waals surface area contributed by atoms with Crippen LogP contribution >= 0.6 is 11.8 Å². The Morgan fingerprint density at radius 3 is 2.71 bits per heavy atom. The van der Waals surface area contributed by atoms with Crippen LogP contribution in [0.15, 0.2) is 0 Å². The van der Waals surface area contributed by atoms with Gasteiger partial charge in [-0.25, -0.2) is 9.59 Å². The Balaban J connectivity index is 2.55. The largest absolute Gasteiger partial charge is 0.480 e. The smallest absolute Gasteiger partial charge is 0.327 e. The van der Waals surface area contributed by atoms with Crippen LogP contribution in [-0.4, -0.2) is 45.7 Å². The molecule has 1 rings (SSSR count). The van der Waals surface area contributed by atoms with Crippen molar-refractivity contribution in [3.63, 3.8) is 0 Å². The number of hydrogen-bond donors (Lipinski definition) is 2. The molecule has 17 heavy (non-hydrogen) atoms. The highest BCUT2D eigenvalue weighted by atomic mass is 32.2. The number of amides is 2. The van der Waals surface area contributed by atoms with E-state index in [0.29, 0.717) is 17.5 Å². The molecular formula is C11H20N2O3S. The average molecular weight is 260 g/mol. The number of hydrogen-bond acceptors (Lipinski definition) is 3. The van der Waals surface area contributed by atoms with Crippen molar-refractivity contribution in [3.8, 4) is 0 Å². The first-order chi connectivity index (χ1) is 7.97. The van der Waals surface area contributed by atoms with Crippen LogP contribution in [0.4, 0.5) is 4.79 Å². The molecule has 0 saturated carbocycles. The van der Waals surface area contributed by atoms with Crippen molar-refractivity contribution in [1.29, 1.82) is 0 Å². The molecule has 0 spiro atoms. The van der Waals surface area contributed by atoms with E-state index in [0.717, 1.165) is 6.42 Å². The number of nitrogens with one attached hydrogen (secondary N) is 1. The van der Waals surface area contributed by atoms with Crippen LogP contribution in [0, 0.1) is 5.92 Å². The fourth-order valence-corrected chi connectivity index (χ4v) is 2.77. The summed E-state index contributed by atoms with van der Waals surface area (Å²) in [5, 5.41) is 11.9. The molecule has 1 heterocycles. The van der Waals surface area contributed by atoms with Crippen molar-refractivity contribution in [1.82, 2.24) is 10.2 Å². The molecule has 1 aliphatic rings. The lowest BCUT2D eigenvalue weighted by Gasteiger charge is -2.26. The number of carboxylic acids is 1. The van der Waals surface area contributed by atoms with Crippen LogP contribution in [0.1, 0.15) is 27.2 Å². The number of carbonyl (C=O) groups excluding carboxylic acids is 1. The fourth-order valence-electron chi connectivity index (χ4n) is 1.62. The van der Waals surface area contributed by atoms with Gasteiger partial charge in [0, 0.05) is 11.8 Å². The van der Waals surface area contributed by atoms with Gasteiger partial charge in [0.1, 0.15) is 6.04 Å². The second-order valence-electron chi connectivity index (χ2n) is 4.45. The summed E-state index contributed by atoms with van der Waals surface area (Å²) < 4.78 is 0. The zero-order valence-electron chi connectivity index (χ0n) is 10.5. The minimum absolute atomic E-state index is 0.0625. The number of carbonyl (C=O) groups is 2. The van der Waals surface area contributed by atoms with E-state index in [2.05, 4.69) is 19.2 Å². The lowest BCUT2D eigenvalue weighted by Crippen LogP contribution is -2.50. The number of carboxylic acid groups (broad SMARTS) is 1. The van der Waals surface area contributed by atoms with E-state index in [1.807, 2.05) is 6.92 Å². The molecule has 0 aromatic carbocycles. The molecule has 5 nitrogen and oxygen atoms in total. The van der Waals surface area contributed by atoms with Crippen LogP contribution < -0.4 is 5.32 Å². The maximum Gasteiger partial charge on any atom is 0.327 e. The van der Waals surface area contributed by atoms with Crippen molar-refractivity contribution in [3.05, 3.63) is 0 Å². The number of thioether (sulfide) groups is 1. The SMILES string of the molecule is CCC(C)C(C)NC(=O)N1CSC[C@H]1C(=O)O. The first-order valence-corrected chi connectivity index (χ1v) is 7.00. The van der Waals surface area contributed by atoms with Gasteiger partial charge in [0.25, 0.3) is 0 Å². The lowest BCUT2D eigenvalue weighted by atomic mass is 10.0. The van der Waals surface area contributed by atoms with Gasteiger partial charge >= 0.3 is 12.0 Å². The Hall–Kier alpha value is -0.910. The predicted molar refractivity (Wildman–Crippen MR) is 68.0 cm³/mol. The van der Waals surface area contributed by atoms with Gasteiger partial charge < -0.3 is 15.3 Å². The molecule has 2 N–H and O–H groups in total. The van der Waals surface area contributed by atoms with E-state index in [-0.39, 0.29) is 12.1 Å². The van der Waals surface area contributed by atoms with Crippen LogP contribution in [0.3, 0.4) is 0 Å². The summed E-state index contributed by atoms with van der Waals surface area (Å²) in [6.45, 7) is 6.09. The Bertz CT molecular complexity index is 298. The van der Waals surface area contributed by atoms with E-state index in [4.69, 9.17) is 5.11 Å². The van der Waals surface area contributed by atoms with Gasteiger partial charge in [0.2, 0.25) is 0 Å². The van der Waals surface area contributed by atoms with E-state index >= 15 is 0 Å². The van der Waals surface area contributed by atoms with Crippen molar-refractivity contribution in [2.45, 2.75) is 39.3 Å². The summed E-state index contributed by atoms with van der Waals surface area (Å²) in [4.78, 5) is 24.3. The molecule has 0 aromatic heterocycles. The van der Waals surface area contributed by atoms with Crippen LogP contribution in [0.25, 0.3) is 0 Å². The molecule has 0 bridgehead atoms. The average Bonchev–Trinajstić information content (AvgIpc) is 2.76. The van der Waals surface area contributed by atoms with E-state index < -0.39 is 12.0 Å². The molecule has 3 atom stereocenters. The quantitative estimate of drug-likeness (QED) is 0.805. The maximum absolute atomic E-state index is 11.9. The minimum atomic E-state index is -0.929. The van der Waals surface area contributed by atoms with Gasteiger partial charge in [-0.15, -0.1) is 11.8 Å². The molecule has 1 fully saturated rings. The summed E-state index contributed by atoms with van der Waals surface area (Å²) in [7, 11) is 0. The number of urea groups is 1. The number of aliphatic carboxylic acids is 1. The predicted octanol–water partition coefficient (Wildman–Crippen LogP) is 1.59. The van der Waals surface area contributed by atoms with Crippen molar-refractivity contribution in [2.75, 3.05) is 11.6 Å². The van der Waals surface area contributed by atoms with Crippen molar-refractivity contribution >= 4 is 23.8 Å². The van der Waals surface area contributed by atoms with Crippen LogP contribution in [0.2, 0.25) is 0 Å². The molecule has 98 valence electrons. The zero-order chi connectivity index (χ0) is 13.0. The summed E-state index contributed by atoms with van der Waals surface area (Å²) >= 11 is 1.47. The zero-order valence-corrected chi connectivity index (χ0v) is 11.3. The normalized spacial score (nSPS) is 23.2. The Labute approximate surface area is 106 Å². The molecular weight excluding hydrogens is 240 g/mol. The maximum atomic E-state index is 11.9. The fraction of sp³-hybridized carbons (Fsp3) is 0.818. The molecule has 2 unspecified atom stereocenters. The van der Waals surface area contributed by atoms with E-state index in [9.17, 15) is 9.59 Å². The highest BCUT2D eigenvalue weighted by Gasteiger charge is 2.35. The first-order valence-electron chi connectivity index (χ1n) is 5.85. The first kappa shape index (κ1) is 14.2. The van der Waals surface area contributed by atoms with E-state index in [1.165, 1.54) is 16.7 Å². The lowest BCUT2D eigenvalue weighted by molar-refractivity contribution is -0.140. The second kappa shape index (κ2) is 6.14. The number of nitrogens with zero attached hydrogens (tertiary/aromatic N) is 1. The third-order valence-electron chi connectivity index (χ3n) is 3.28. The molecule has 0 aliphatic carbocycles. The Morgan fingerprint density at radius 2 is 2.18 bits per heavy atom. The third-order valence-corrected chi connectivity index (χ3v) is 4.29. The van der Waals surface area contributed by atoms with Gasteiger partial charge in [-0.3, -0.25) is 0 Å². The van der Waals surface area contributed by atoms with Crippen LogP contribution in [0.5, 0.6) is 0 Å². The second-order valence-corrected chi connectivity index (χ2v) is 5.45. The van der Waals surface area contributed by atoms with Gasteiger partial charge in [-0.2, -0.15) is 0 Å². The molecule has 1 saturated heterocycles. The van der Waals surface area contributed by atoms with Crippen LogP contribution in [-0.2, 0) is 4.79 Å². The summed E-state index contributed by atoms with van der Waals surface area (Å²) in [5.74, 6) is 0.384. The molecule has 0 radical (unpaired) electrons. The monoisotopic (exact) mass is 260 g/mol. The summed E-state index contributed by atoms with van der Waals surface area (Å²) in [6.07, 6.45) is 0.985. The summed E-state index contributed by atoms with van der Waals surface area (Å²) in [5.41, 5.74) is 0. The Morgan fingerprint density at radius 1 is 1.53 bits per heavy atom. The minimum Gasteiger partial charge on any atom is -0.480 e. The van der Waals surface area contributed by atoms with Crippen molar-refractivity contribution < 1.29 is 14.7 Å². The van der Waals surface area contributed by atoms with Gasteiger partial charge in [0.15, 0.2) is 0 Å². The van der Waals surface area contributed by atoms with Gasteiger partial charge in [-0.05, 0) is 12.8 Å². The third kappa shape index (κ3) is 3.52. The highest BCUT2D eigenvalue weighted by Crippen LogP contribution is 2.21. The van der Waals surface area contributed by atoms with Crippen molar-refractivity contribution in [2.24, 2.45) is 5.92 Å². The molecule has 1 aliphatic heterocycles. The molecule has 2 amide bonds. The molecule has 0 aromatic rings. The topological polar surface area (TPSA) is 69.6 Å². The summed E-state index contributed by atoms with van der Waals surface area (Å²) in [6, 6.07) is -0.896. The van der Waals surface area contributed by atoms with Gasteiger partial charge in [-0.1, -0.05) is 20.3 Å². The number of rotatable bonds is 4.